The van der Waals surface area contributed by atoms with Crippen molar-refractivity contribution in [1.82, 2.24) is 14.9 Å². The van der Waals surface area contributed by atoms with E-state index in [1.807, 2.05) is 30.3 Å². The number of hydrogen-bond donors (Lipinski definition) is 1. The summed E-state index contributed by atoms with van der Waals surface area (Å²) in [6.07, 6.45) is 1.85. The molecule has 0 spiro atoms. The lowest BCUT2D eigenvalue weighted by Crippen LogP contribution is -2.25. The standard InChI is InChI=1S/C27H29N3O3/c1-3-20-9-13-23(14-10-20)33-18-6-17-30-25-8-5-4-7-24(25)29-26(30)19-28-27(31)21-11-15-22(32-2)16-12-21/h4-5,7-16H,3,6,17-19H2,1-2H3,(H,28,31). The Balaban J connectivity index is 1.39. The first-order valence-corrected chi connectivity index (χ1v) is 11.3. The molecule has 1 N–H and O–H groups in total. The van der Waals surface area contributed by atoms with Crippen molar-refractivity contribution in [2.24, 2.45) is 0 Å². The summed E-state index contributed by atoms with van der Waals surface area (Å²) < 4.78 is 13.2. The third-order valence-electron chi connectivity index (χ3n) is 5.62. The molecule has 1 aromatic heterocycles. The summed E-state index contributed by atoms with van der Waals surface area (Å²) in [6.45, 7) is 3.85. The number of methoxy groups -OCH3 is 1. The number of imidazole rings is 1. The predicted molar refractivity (Wildman–Crippen MR) is 130 cm³/mol. The Morgan fingerprint density at radius 3 is 2.42 bits per heavy atom. The molecule has 0 bridgehead atoms. The van der Waals surface area contributed by atoms with Crippen LogP contribution in [0.4, 0.5) is 0 Å². The van der Waals surface area contributed by atoms with Gasteiger partial charge in [-0.15, -0.1) is 0 Å². The SMILES string of the molecule is CCc1ccc(OCCCn2c(CNC(=O)c3ccc(OC)cc3)nc3ccccc32)cc1. The summed E-state index contributed by atoms with van der Waals surface area (Å²) in [6, 6.07) is 23.3. The average Bonchev–Trinajstić information content (AvgIpc) is 3.23. The van der Waals surface area contributed by atoms with Gasteiger partial charge in [-0.05, 0) is 66.9 Å². The van der Waals surface area contributed by atoms with Crippen LogP contribution in [0.15, 0.2) is 72.8 Å². The van der Waals surface area contributed by atoms with E-state index in [-0.39, 0.29) is 5.91 Å². The maximum Gasteiger partial charge on any atom is 0.251 e. The monoisotopic (exact) mass is 443 g/mol. The molecular formula is C27H29N3O3. The van der Waals surface area contributed by atoms with Crippen LogP contribution >= 0.6 is 0 Å². The Morgan fingerprint density at radius 1 is 0.970 bits per heavy atom. The Bertz CT molecular complexity index is 1200. The van der Waals surface area contributed by atoms with Crippen LogP contribution in [0.1, 0.15) is 35.1 Å². The summed E-state index contributed by atoms with van der Waals surface area (Å²) >= 11 is 0. The second-order valence-electron chi connectivity index (χ2n) is 7.78. The normalized spacial score (nSPS) is 10.8. The van der Waals surface area contributed by atoms with Crippen molar-refractivity contribution in [3.05, 3.63) is 89.7 Å². The van der Waals surface area contributed by atoms with Gasteiger partial charge < -0.3 is 19.4 Å². The molecule has 33 heavy (non-hydrogen) atoms. The van der Waals surface area contributed by atoms with E-state index in [0.29, 0.717) is 18.7 Å². The maximum atomic E-state index is 12.6. The van der Waals surface area contributed by atoms with Crippen LogP contribution in [0.25, 0.3) is 11.0 Å². The number of fused-ring (bicyclic) bond motifs is 1. The molecule has 4 rings (SSSR count). The van der Waals surface area contributed by atoms with Gasteiger partial charge >= 0.3 is 0 Å². The molecule has 0 aliphatic carbocycles. The average molecular weight is 444 g/mol. The molecule has 0 aliphatic heterocycles. The molecule has 1 heterocycles. The van der Waals surface area contributed by atoms with Crippen molar-refractivity contribution >= 4 is 16.9 Å². The lowest BCUT2D eigenvalue weighted by molar-refractivity contribution is 0.0949. The number of hydrogen-bond acceptors (Lipinski definition) is 4. The van der Waals surface area contributed by atoms with Crippen LogP contribution in [0.5, 0.6) is 11.5 Å². The third-order valence-corrected chi connectivity index (χ3v) is 5.62. The largest absolute Gasteiger partial charge is 0.497 e. The number of amides is 1. The molecule has 0 aliphatic rings. The highest BCUT2D eigenvalue weighted by Crippen LogP contribution is 2.18. The van der Waals surface area contributed by atoms with Crippen molar-refractivity contribution in [3.63, 3.8) is 0 Å². The first kappa shape index (κ1) is 22.4. The molecule has 6 heteroatoms. The van der Waals surface area contributed by atoms with E-state index in [2.05, 4.69) is 35.0 Å². The zero-order valence-electron chi connectivity index (χ0n) is 19.1. The van der Waals surface area contributed by atoms with Crippen LogP contribution < -0.4 is 14.8 Å². The van der Waals surface area contributed by atoms with E-state index < -0.39 is 0 Å². The molecule has 1 amide bonds. The number of nitrogens with zero attached hydrogens (tertiary/aromatic N) is 2. The molecule has 0 atom stereocenters. The van der Waals surface area contributed by atoms with Gasteiger partial charge in [0.15, 0.2) is 0 Å². The van der Waals surface area contributed by atoms with Gasteiger partial charge in [0.25, 0.3) is 5.91 Å². The molecule has 0 radical (unpaired) electrons. The van der Waals surface area contributed by atoms with Crippen molar-refractivity contribution < 1.29 is 14.3 Å². The number of ether oxygens (including phenoxy) is 2. The van der Waals surface area contributed by atoms with Gasteiger partial charge in [0.2, 0.25) is 0 Å². The van der Waals surface area contributed by atoms with E-state index in [1.54, 1.807) is 31.4 Å². The topological polar surface area (TPSA) is 65.4 Å². The summed E-state index contributed by atoms with van der Waals surface area (Å²) in [7, 11) is 1.60. The zero-order chi connectivity index (χ0) is 23.0. The maximum absolute atomic E-state index is 12.6. The molecule has 3 aromatic carbocycles. The molecule has 4 aromatic rings. The molecule has 0 fully saturated rings. The molecular weight excluding hydrogens is 414 g/mol. The second-order valence-corrected chi connectivity index (χ2v) is 7.78. The summed E-state index contributed by atoms with van der Waals surface area (Å²) in [5.41, 5.74) is 3.86. The van der Waals surface area contributed by atoms with E-state index in [0.717, 1.165) is 47.7 Å². The molecule has 6 nitrogen and oxygen atoms in total. The number of nitrogens with one attached hydrogen (secondary N) is 1. The summed E-state index contributed by atoms with van der Waals surface area (Å²) in [5.74, 6) is 2.28. The fourth-order valence-electron chi connectivity index (χ4n) is 3.75. The minimum Gasteiger partial charge on any atom is -0.497 e. The number of aromatic nitrogens is 2. The fraction of sp³-hybridized carbons (Fsp3) is 0.259. The van der Waals surface area contributed by atoms with Crippen molar-refractivity contribution in [2.75, 3.05) is 13.7 Å². The Morgan fingerprint density at radius 2 is 1.70 bits per heavy atom. The highest BCUT2D eigenvalue weighted by molar-refractivity contribution is 5.94. The number of aryl methyl sites for hydroxylation is 2. The van der Waals surface area contributed by atoms with Crippen LogP contribution in [0.2, 0.25) is 0 Å². The number of para-hydroxylation sites is 2. The summed E-state index contributed by atoms with van der Waals surface area (Å²) in [5, 5.41) is 2.99. The second kappa shape index (κ2) is 10.7. The highest BCUT2D eigenvalue weighted by Gasteiger charge is 2.12. The van der Waals surface area contributed by atoms with Crippen molar-refractivity contribution in [2.45, 2.75) is 32.9 Å². The Hall–Kier alpha value is -3.80. The molecule has 0 saturated heterocycles. The Kier molecular flexibility index (Phi) is 7.25. The van der Waals surface area contributed by atoms with E-state index in [4.69, 9.17) is 14.5 Å². The smallest absolute Gasteiger partial charge is 0.251 e. The number of carbonyl (C=O) groups is 1. The minimum absolute atomic E-state index is 0.143. The van der Waals surface area contributed by atoms with Gasteiger partial charge in [-0.1, -0.05) is 31.2 Å². The van der Waals surface area contributed by atoms with Crippen LogP contribution in [0.3, 0.4) is 0 Å². The number of benzene rings is 3. The van der Waals surface area contributed by atoms with Gasteiger partial charge in [0.1, 0.15) is 17.3 Å². The van der Waals surface area contributed by atoms with Gasteiger partial charge in [-0.3, -0.25) is 4.79 Å². The summed E-state index contributed by atoms with van der Waals surface area (Å²) in [4.78, 5) is 17.3. The fourth-order valence-corrected chi connectivity index (χ4v) is 3.75. The molecule has 0 saturated carbocycles. The van der Waals surface area contributed by atoms with Gasteiger partial charge in [0, 0.05) is 12.1 Å². The van der Waals surface area contributed by atoms with E-state index in [1.165, 1.54) is 5.56 Å². The first-order chi connectivity index (χ1) is 16.2. The predicted octanol–water partition coefficient (Wildman–Crippen LogP) is 5.01. The quantitative estimate of drug-likeness (QED) is 0.350. The van der Waals surface area contributed by atoms with Crippen LogP contribution in [-0.4, -0.2) is 29.2 Å². The number of carbonyl (C=O) groups excluding carboxylic acids is 1. The lowest BCUT2D eigenvalue weighted by Gasteiger charge is -2.11. The molecule has 170 valence electrons. The van der Waals surface area contributed by atoms with E-state index >= 15 is 0 Å². The van der Waals surface area contributed by atoms with Gasteiger partial charge in [0.05, 0.1) is 31.3 Å². The third kappa shape index (κ3) is 5.52. The van der Waals surface area contributed by atoms with E-state index in [9.17, 15) is 4.79 Å². The molecule has 0 unspecified atom stereocenters. The van der Waals surface area contributed by atoms with Crippen molar-refractivity contribution in [1.29, 1.82) is 0 Å². The zero-order valence-corrected chi connectivity index (χ0v) is 19.1. The lowest BCUT2D eigenvalue weighted by atomic mass is 10.2. The minimum atomic E-state index is -0.143. The van der Waals surface area contributed by atoms with Crippen molar-refractivity contribution in [3.8, 4) is 11.5 Å². The van der Waals surface area contributed by atoms with Crippen LogP contribution in [0, 0.1) is 0 Å². The Labute approximate surface area is 194 Å². The highest BCUT2D eigenvalue weighted by atomic mass is 16.5. The van der Waals surface area contributed by atoms with Gasteiger partial charge in [-0.2, -0.15) is 0 Å². The first-order valence-electron chi connectivity index (χ1n) is 11.3. The van der Waals surface area contributed by atoms with Crippen LogP contribution in [-0.2, 0) is 19.5 Å². The number of rotatable bonds is 10. The van der Waals surface area contributed by atoms with Gasteiger partial charge in [-0.25, -0.2) is 4.98 Å².